The molecule has 0 aromatic heterocycles. The van der Waals surface area contributed by atoms with E-state index in [9.17, 15) is 9.59 Å². The molecule has 1 heterocycles. The molecule has 0 saturated carbocycles. The molecule has 1 unspecified atom stereocenters. The van der Waals surface area contributed by atoms with Crippen molar-refractivity contribution in [3.05, 3.63) is 94.5 Å². The van der Waals surface area contributed by atoms with Gasteiger partial charge in [0.2, 0.25) is 5.91 Å². The van der Waals surface area contributed by atoms with E-state index in [2.05, 4.69) is 10.6 Å². The van der Waals surface area contributed by atoms with Gasteiger partial charge in [0, 0.05) is 23.8 Å². The molecule has 3 aromatic rings. The number of hydrogen-bond acceptors (Lipinski definition) is 5. The van der Waals surface area contributed by atoms with Crippen molar-refractivity contribution in [3.63, 3.8) is 0 Å². The molecule has 0 saturated heterocycles. The lowest BCUT2D eigenvalue weighted by atomic mass is 9.90. The minimum Gasteiger partial charge on any atom is -0.460 e. The molecular weight excluding hydrogens is 474 g/mol. The van der Waals surface area contributed by atoms with Crippen molar-refractivity contribution in [3.8, 4) is 0 Å². The van der Waals surface area contributed by atoms with Gasteiger partial charge in [-0.3, -0.25) is 14.6 Å². The molecule has 36 heavy (non-hydrogen) atoms. The molecule has 1 aliphatic heterocycles. The first-order chi connectivity index (χ1) is 17.2. The van der Waals surface area contributed by atoms with Crippen LogP contribution >= 0.6 is 11.6 Å². The van der Waals surface area contributed by atoms with E-state index >= 15 is 0 Å². The number of nitrogens with zero attached hydrogens (tertiary/aromatic N) is 1. The second kappa shape index (κ2) is 11.1. The Kier molecular flexibility index (Phi) is 7.87. The fraction of sp³-hybridized carbons (Fsp3) is 0.276. The normalized spacial score (nSPS) is 15.4. The lowest BCUT2D eigenvalue weighted by Crippen LogP contribution is -2.26. The van der Waals surface area contributed by atoms with Gasteiger partial charge in [0.05, 0.1) is 17.8 Å². The fourth-order valence-corrected chi connectivity index (χ4v) is 4.23. The second-order valence-corrected chi connectivity index (χ2v) is 10.1. The van der Waals surface area contributed by atoms with Crippen LogP contribution in [-0.2, 0) is 20.9 Å². The average molecular weight is 504 g/mol. The van der Waals surface area contributed by atoms with Gasteiger partial charge < -0.3 is 15.4 Å². The number of fused-ring (bicyclic) bond motifs is 1. The molecule has 0 radical (unpaired) electrons. The molecule has 1 aliphatic rings. The zero-order chi connectivity index (χ0) is 25.7. The Hall–Kier alpha value is -3.48. The number of aliphatic imine (C=N–C) groups is 1. The van der Waals surface area contributed by atoms with E-state index in [-0.39, 0.29) is 11.9 Å². The van der Waals surface area contributed by atoms with Crippen molar-refractivity contribution >= 4 is 40.6 Å². The van der Waals surface area contributed by atoms with Crippen LogP contribution in [0.1, 0.15) is 49.8 Å². The fourth-order valence-electron chi connectivity index (χ4n) is 4.05. The van der Waals surface area contributed by atoms with E-state index in [4.69, 9.17) is 21.3 Å². The maximum Gasteiger partial charge on any atom is 0.307 e. The van der Waals surface area contributed by atoms with Crippen LogP contribution in [0.3, 0.4) is 0 Å². The van der Waals surface area contributed by atoms with Gasteiger partial charge in [-0.25, -0.2) is 0 Å². The predicted molar refractivity (Wildman–Crippen MR) is 144 cm³/mol. The number of carbonyl (C=O) groups excluding carboxylic acids is 2. The van der Waals surface area contributed by atoms with Crippen LogP contribution in [0.4, 0.5) is 11.4 Å². The maximum absolute atomic E-state index is 13.0. The number of anilines is 1. The zero-order valence-electron chi connectivity index (χ0n) is 20.7. The zero-order valence-corrected chi connectivity index (χ0v) is 21.4. The van der Waals surface area contributed by atoms with Crippen molar-refractivity contribution in [1.82, 2.24) is 5.32 Å². The first-order valence-electron chi connectivity index (χ1n) is 12.0. The average Bonchev–Trinajstić information content (AvgIpc) is 3.15. The Morgan fingerprint density at radius 2 is 1.78 bits per heavy atom. The van der Waals surface area contributed by atoms with E-state index in [1.807, 2.05) is 81.4 Å². The van der Waals surface area contributed by atoms with E-state index in [1.165, 1.54) is 0 Å². The van der Waals surface area contributed by atoms with Crippen LogP contribution in [0.15, 0.2) is 77.8 Å². The SMILES string of the molecule is CC(C)(C)OC(=O)CCNCc1ccc(N=C(c2ccccc2)C2C(=O)Nc3cc(Cl)ccc32)cc1. The third kappa shape index (κ3) is 6.59. The summed E-state index contributed by atoms with van der Waals surface area (Å²) in [6, 6.07) is 23.0. The summed E-state index contributed by atoms with van der Waals surface area (Å²) in [6.45, 7) is 6.74. The molecule has 2 N–H and O–H groups in total. The van der Waals surface area contributed by atoms with E-state index < -0.39 is 11.5 Å². The molecule has 7 heteroatoms. The Morgan fingerprint density at radius 1 is 1.06 bits per heavy atom. The number of benzene rings is 3. The van der Waals surface area contributed by atoms with Gasteiger partial charge in [-0.2, -0.15) is 0 Å². The van der Waals surface area contributed by atoms with E-state index in [0.29, 0.717) is 35.9 Å². The van der Waals surface area contributed by atoms with Crippen LogP contribution in [0.5, 0.6) is 0 Å². The van der Waals surface area contributed by atoms with Gasteiger partial charge >= 0.3 is 5.97 Å². The van der Waals surface area contributed by atoms with E-state index in [1.54, 1.807) is 12.1 Å². The molecule has 1 amide bonds. The monoisotopic (exact) mass is 503 g/mol. The Morgan fingerprint density at radius 3 is 2.47 bits per heavy atom. The van der Waals surface area contributed by atoms with E-state index in [0.717, 1.165) is 22.4 Å². The third-order valence-electron chi connectivity index (χ3n) is 5.63. The van der Waals surface area contributed by atoms with Crippen molar-refractivity contribution in [1.29, 1.82) is 0 Å². The first kappa shape index (κ1) is 25.6. The molecule has 4 rings (SSSR count). The van der Waals surface area contributed by atoms with Crippen molar-refractivity contribution in [2.75, 3.05) is 11.9 Å². The van der Waals surface area contributed by atoms with Crippen LogP contribution < -0.4 is 10.6 Å². The van der Waals surface area contributed by atoms with Crippen LogP contribution in [0.2, 0.25) is 5.02 Å². The lowest BCUT2D eigenvalue weighted by molar-refractivity contribution is -0.154. The predicted octanol–water partition coefficient (Wildman–Crippen LogP) is 6.02. The number of carbonyl (C=O) groups is 2. The Labute approximate surface area is 216 Å². The topological polar surface area (TPSA) is 79.8 Å². The highest BCUT2D eigenvalue weighted by Crippen LogP contribution is 2.37. The summed E-state index contributed by atoms with van der Waals surface area (Å²) in [4.78, 5) is 29.8. The minimum atomic E-state index is -0.533. The number of hydrogen-bond donors (Lipinski definition) is 2. The summed E-state index contributed by atoms with van der Waals surface area (Å²) in [5, 5.41) is 6.78. The van der Waals surface area contributed by atoms with Gasteiger partial charge in [0.25, 0.3) is 0 Å². The first-order valence-corrected chi connectivity index (χ1v) is 12.3. The molecule has 0 bridgehead atoms. The number of halogens is 1. The number of rotatable bonds is 8. The Balaban J connectivity index is 1.49. The summed E-state index contributed by atoms with van der Waals surface area (Å²) >= 11 is 6.14. The standard InChI is InChI=1S/C29H30ClN3O3/c1-29(2,3)36-25(34)15-16-31-18-19-9-12-22(13-10-19)32-27(20-7-5-4-6-8-20)26-23-14-11-21(30)17-24(23)33-28(26)35/h4-14,17,26,31H,15-16,18H2,1-3H3,(H,33,35). The molecule has 0 fully saturated rings. The summed E-state index contributed by atoms with van der Waals surface area (Å²) in [6.07, 6.45) is 0.316. The Bertz CT molecular complexity index is 1270. The molecule has 6 nitrogen and oxygen atoms in total. The van der Waals surface area contributed by atoms with Crippen LogP contribution in [-0.4, -0.2) is 29.7 Å². The quantitative estimate of drug-likeness (QED) is 0.224. The van der Waals surface area contributed by atoms with Crippen LogP contribution in [0.25, 0.3) is 0 Å². The lowest BCUT2D eigenvalue weighted by Gasteiger charge is -2.19. The van der Waals surface area contributed by atoms with Crippen molar-refractivity contribution in [2.45, 2.75) is 45.3 Å². The highest BCUT2D eigenvalue weighted by atomic mass is 35.5. The highest BCUT2D eigenvalue weighted by Gasteiger charge is 2.35. The van der Waals surface area contributed by atoms with Crippen molar-refractivity contribution < 1.29 is 14.3 Å². The minimum absolute atomic E-state index is 0.124. The maximum atomic E-state index is 13.0. The summed E-state index contributed by atoms with van der Waals surface area (Å²) in [5.74, 6) is -0.873. The summed E-state index contributed by atoms with van der Waals surface area (Å²) in [5.41, 5.74) is 4.48. The molecule has 0 spiro atoms. The van der Waals surface area contributed by atoms with Gasteiger partial charge in [-0.15, -0.1) is 0 Å². The molecule has 186 valence electrons. The summed E-state index contributed by atoms with van der Waals surface area (Å²) < 4.78 is 5.33. The smallest absolute Gasteiger partial charge is 0.307 e. The van der Waals surface area contributed by atoms with Gasteiger partial charge in [0.1, 0.15) is 11.5 Å². The second-order valence-electron chi connectivity index (χ2n) is 9.70. The summed E-state index contributed by atoms with van der Waals surface area (Å²) in [7, 11) is 0. The largest absolute Gasteiger partial charge is 0.460 e. The van der Waals surface area contributed by atoms with Gasteiger partial charge in [-0.1, -0.05) is 60.1 Å². The highest BCUT2D eigenvalue weighted by molar-refractivity contribution is 6.31. The van der Waals surface area contributed by atoms with Gasteiger partial charge in [-0.05, 0) is 61.7 Å². The molecule has 0 aliphatic carbocycles. The van der Waals surface area contributed by atoms with Gasteiger partial charge in [0.15, 0.2) is 0 Å². The number of amides is 1. The molecule has 1 atom stereocenters. The number of esters is 1. The molecular formula is C29H30ClN3O3. The number of ether oxygens (including phenoxy) is 1. The number of nitrogens with one attached hydrogen (secondary N) is 2. The third-order valence-corrected chi connectivity index (χ3v) is 5.87. The molecule has 3 aromatic carbocycles. The van der Waals surface area contributed by atoms with Crippen molar-refractivity contribution in [2.24, 2.45) is 4.99 Å². The van der Waals surface area contributed by atoms with Crippen LogP contribution in [0, 0.1) is 0 Å².